The molecule has 1 aromatic rings. The molecule has 0 radical (unpaired) electrons. The van der Waals surface area contributed by atoms with Crippen molar-refractivity contribution >= 4 is 28.9 Å². The van der Waals surface area contributed by atoms with Gasteiger partial charge in [-0.2, -0.15) is 0 Å². The molecule has 0 spiro atoms. The van der Waals surface area contributed by atoms with E-state index in [-0.39, 0.29) is 0 Å². The zero-order chi connectivity index (χ0) is 11.3. The second-order valence-electron chi connectivity index (χ2n) is 3.13. The van der Waals surface area contributed by atoms with Gasteiger partial charge in [0.2, 0.25) is 0 Å². The number of anilines is 1. The summed E-state index contributed by atoms with van der Waals surface area (Å²) in [4.78, 5) is 0. The molecule has 0 aliphatic carbocycles. The highest BCUT2D eigenvalue weighted by molar-refractivity contribution is 6.39. The second-order valence-corrected chi connectivity index (χ2v) is 3.94. The Morgan fingerprint density at radius 2 is 1.93 bits per heavy atom. The molecule has 0 amide bonds. The van der Waals surface area contributed by atoms with Gasteiger partial charge >= 0.3 is 0 Å². The van der Waals surface area contributed by atoms with Crippen LogP contribution in [-0.2, 0) is 0 Å². The van der Waals surface area contributed by atoms with E-state index in [9.17, 15) is 0 Å². The summed E-state index contributed by atoms with van der Waals surface area (Å²) in [6.45, 7) is 6.79. The molecule has 0 heterocycles. The van der Waals surface area contributed by atoms with Crippen molar-refractivity contribution in [3.05, 3.63) is 40.6 Å². The first kappa shape index (κ1) is 12.2. The Balaban J connectivity index is 2.68. The zero-order valence-corrected chi connectivity index (χ0v) is 10.1. The van der Waals surface area contributed by atoms with Gasteiger partial charge in [-0.25, -0.2) is 0 Å². The first-order valence-electron chi connectivity index (χ1n) is 4.79. The van der Waals surface area contributed by atoms with Crippen LogP contribution in [0.1, 0.15) is 13.3 Å². The maximum atomic E-state index is 5.99. The van der Waals surface area contributed by atoms with Gasteiger partial charge in [0.05, 0.1) is 21.6 Å². The Labute approximate surface area is 100 Å². The van der Waals surface area contributed by atoms with Crippen LogP contribution >= 0.6 is 23.2 Å². The maximum Gasteiger partial charge on any atom is 0.0957 e. The fourth-order valence-corrected chi connectivity index (χ4v) is 1.58. The average Bonchev–Trinajstić information content (AvgIpc) is 2.21. The Hall–Kier alpha value is -0.860. The van der Waals surface area contributed by atoms with Gasteiger partial charge in [-0.05, 0) is 18.6 Å². The summed E-state index contributed by atoms with van der Waals surface area (Å²) >= 11 is 12.0. The molecule has 0 fully saturated rings. The Morgan fingerprint density at radius 3 is 2.47 bits per heavy atom. The van der Waals surface area contributed by atoms with Crippen LogP contribution in [0.4, 0.5) is 5.69 Å². The molecule has 15 heavy (non-hydrogen) atoms. The van der Waals surface area contributed by atoms with Gasteiger partial charge in [-0.3, -0.25) is 0 Å². The monoisotopic (exact) mass is 244 g/mol. The third-order valence-corrected chi connectivity index (χ3v) is 2.46. The number of nitrogens with one attached hydrogen (secondary N) is 2. The molecule has 82 valence electrons. The topological polar surface area (TPSA) is 24.1 Å². The summed E-state index contributed by atoms with van der Waals surface area (Å²) in [6, 6.07) is 5.36. The molecule has 4 heteroatoms. The number of para-hydroxylation sites is 1. The molecule has 0 saturated carbocycles. The lowest BCUT2D eigenvalue weighted by molar-refractivity contribution is 0.776. The molecule has 2 N–H and O–H groups in total. The van der Waals surface area contributed by atoms with Crippen molar-refractivity contribution in [2.24, 2.45) is 0 Å². The molecule has 0 saturated heterocycles. The van der Waals surface area contributed by atoms with Crippen LogP contribution in [0, 0.1) is 0 Å². The van der Waals surface area contributed by atoms with Gasteiger partial charge in [0.25, 0.3) is 0 Å². The zero-order valence-electron chi connectivity index (χ0n) is 8.61. The quantitative estimate of drug-likeness (QED) is 0.822. The number of halogens is 2. The van der Waals surface area contributed by atoms with Crippen molar-refractivity contribution < 1.29 is 0 Å². The smallest absolute Gasteiger partial charge is 0.0957 e. The molecule has 1 aromatic carbocycles. The second kappa shape index (κ2) is 5.89. The molecule has 0 bridgehead atoms. The predicted octanol–water partition coefficient (Wildman–Crippen LogP) is 3.88. The minimum atomic E-state index is 0.585. The van der Waals surface area contributed by atoms with Crippen LogP contribution in [0.3, 0.4) is 0 Å². The lowest BCUT2D eigenvalue weighted by atomic mass is 10.3. The largest absolute Gasteiger partial charge is 0.372 e. The van der Waals surface area contributed by atoms with Gasteiger partial charge in [-0.1, -0.05) is 42.8 Å². The van der Waals surface area contributed by atoms with Crippen LogP contribution in [0.5, 0.6) is 0 Å². The lowest BCUT2D eigenvalue weighted by Crippen LogP contribution is -2.19. The van der Waals surface area contributed by atoms with Crippen molar-refractivity contribution in [2.75, 3.05) is 11.9 Å². The van der Waals surface area contributed by atoms with E-state index in [1.54, 1.807) is 18.2 Å². The molecule has 1 rings (SSSR count). The van der Waals surface area contributed by atoms with Crippen LogP contribution in [0.2, 0.25) is 10.0 Å². The fourth-order valence-electron chi connectivity index (χ4n) is 1.09. The normalized spacial score (nSPS) is 9.80. The molecule has 0 aromatic heterocycles. The Morgan fingerprint density at radius 1 is 1.33 bits per heavy atom. The standard InChI is InChI=1S/C11H14Cl2N2/c1-3-7-14-8(2)15-11-9(12)5-4-6-10(11)13/h4-6,14-15H,2-3,7H2,1H3. The number of hydrogen-bond donors (Lipinski definition) is 2. The lowest BCUT2D eigenvalue weighted by Gasteiger charge is -2.13. The first-order chi connectivity index (χ1) is 7.15. The minimum absolute atomic E-state index is 0.585. The number of hydrogen-bond acceptors (Lipinski definition) is 2. The van der Waals surface area contributed by atoms with Crippen LogP contribution < -0.4 is 10.6 Å². The van der Waals surface area contributed by atoms with E-state index in [4.69, 9.17) is 23.2 Å². The molecule has 2 nitrogen and oxygen atoms in total. The van der Waals surface area contributed by atoms with Crippen molar-refractivity contribution in [1.82, 2.24) is 5.32 Å². The SMILES string of the molecule is C=C(NCCC)Nc1c(Cl)cccc1Cl. The van der Waals surface area contributed by atoms with E-state index in [1.807, 2.05) is 0 Å². The molecule has 0 atom stereocenters. The molecule has 0 unspecified atom stereocenters. The number of rotatable bonds is 5. The van der Waals surface area contributed by atoms with Crippen molar-refractivity contribution in [2.45, 2.75) is 13.3 Å². The summed E-state index contributed by atoms with van der Waals surface area (Å²) in [5.41, 5.74) is 0.689. The van der Waals surface area contributed by atoms with Crippen molar-refractivity contribution in [3.63, 3.8) is 0 Å². The molecular weight excluding hydrogens is 231 g/mol. The van der Waals surface area contributed by atoms with E-state index in [0.29, 0.717) is 21.6 Å². The van der Waals surface area contributed by atoms with Gasteiger partial charge in [-0.15, -0.1) is 0 Å². The summed E-state index contributed by atoms with van der Waals surface area (Å²) in [6.07, 6.45) is 1.04. The summed E-state index contributed by atoms with van der Waals surface area (Å²) < 4.78 is 0. The average molecular weight is 245 g/mol. The van der Waals surface area contributed by atoms with Gasteiger partial charge in [0, 0.05) is 6.54 Å². The van der Waals surface area contributed by atoms with Gasteiger partial charge < -0.3 is 10.6 Å². The van der Waals surface area contributed by atoms with Gasteiger partial charge in [0.15, 0.2) is 0 Å². The molecular formula is C11H14Cl2N2. The van der Waals surface area contributed by atoms with E-state index in [0.717, 1.165) is 13.0 Å². The maximum absolute atomic E-state index is 5.99. The Kier molecular flexibility index (Phi) is 4.79. The van der Waals surface area contributed by atoms with Crippen LogP contribution in [0.25, 0.3) is 0 Å². The highest BCUT2D eigenvalue weighted by atomic mass is 35.5. The molecule has 0 aliphatic heterocycles. The summed E-state index contributed by atoms with van der Waals surface area (Å²) in [5.74, 6) is 0.701. The predicted molar refractivity (Wildman–Crippen MR) is 67.5 cm³/mol. The third-order valence-electron chi connectivity index (χ3n) is 1.83. The van der Waals surface area contributed by atoms with E-state index >= 15 is 0 Å². The fraction of sp³-hybridized carbons (Fsp3) is 0.273. The van der Waals surface area contributed by atoms with Crippen molar-refractivity contribution in [1.29, 1.82) is 0 Å². The van der Waals surface area contributed by atoms with Crippen LogP contribution in [0.15, 0.2) is 30.6 Å². The highest BCUT2D eigenvalue weighted by Crippen LogP contribution is 2.30. The van der Waals surface area contributed by atoms with Gasteiger partial charge in [0.1, 0.15) is 0 Å². The third kappa shape index (κ3) is 3.65. The summed E-state index contributed by atoms with van der Waals surface area (Å²) in [7, 11) is 0. The van der Waals surface area contributed by atoms with Crippen LogP contribution in [-0.4, -0.2) is 6.54 Å². The highest BCUT2D eigenvalue weighted by Gasteiger charge is 2.05. The Bertz CT molecular complexity index is 330. The van der Waals surface area contributed by atoms with E-state index in [2.05, 4.69) is 24.1 Å². The first-order valence-corrected chi connectivity index (χ1v) is 5.54. The van der Waals surface area contributed by atoms with E-state index < -0.39 is 0 Å². The number of benzene rings is 1. The van der Waals surface area contributed by atoms with E-state index in [1.165, 1.54) is 0 Å². The minimum Gasteiger partial charge on any atom is -0.372 e. The van der Waals surface area contributed by atoms with Crippen molar-refractivity contribution in [3.8, 4) is 0 Å². The summed E-state index contributed by atoms with van der Waals surface area (Å²) in [5, 5.41) is 7.33. The molecule has 0 aliphatic rings.